The summed E-state index contributed by atoms with van der Waals surface area (Å²) in [5, 5.41) is 12.1. The van der Waals surface area contributed by atoms with Crippen LogP contribution in [0.5, 0.6) is 5.75 Å². The molecule has 2 N–H and O–H groups in total. The summed E-state index contributed by atoms with van der Waals surface area (Å²) in [5.74, 6) is -0.797. The molecule has 7 heteroatoms. The molecule has 1 atom stereocenters. The number of rotatable bonds is 9. The number of ether oxygens (including phenoxy) is 1. The molecule has 32 heavy (non-hydrogen) atoms. The van der Waals surface area contributed by atoms with Gasteiger partial charge in [-0.3, -0.25) is 9.59 Å². The zero-order chi connectivity index (χ0) is 23.3. The van der Waals surface area contributed by atoms with Crippen molar-refractivity contribution >= 4 is 22.8 Å². The third-order valence-corrected chi connectivity index (χ3v) is 5.42. The van der Waals surface area contributed by atoms with E-state index in [4.69, 9.17) is 14.3 Å². The normalized spacial score (nSPS) is 11.8. The number of carbonyl (C=O) groups excluding carboxylic acids is 1. The van der Waals surface area contributed by atoms with E-state index in [9.17, 15) is 14.4 Å². The molecule has 0 aliphatic rings. The van der Waals surface area contributed by atoms with Gasteiger partial charge in [-0.25, -0.2) is 4.79 Å². The molecule has 1 heterocycles. The van der Waals surface area contributed by atoms with E-state index in [1.807, 2.05) is 43.3 Å². The number of aryl methyl sites for hydroxylation is 2. The molecule has 1 aromatic heterocycles. The molecule has 0 saturated carbocycles. The predicted molar refractivity (Wildman–Crippen MR) is 121 cm³/mol. The average molecular weight is 437 g/mol. The Morgan fingerprint density at radius 2 is 1.81 bits per heavy atom. The first-order valence-corrected chi connectivity index (χ1v) is 10.5. The molecular weight excluding hydrogens is 410 g/mol. The average Bonchev–Trinajstić information content (AvgIpc) is 2.77. The van der Waals surface area contributed by atoms with Crippen LogP contribution < -0.4 is 15.7 Å². The summed E-state index contributed by atoms with van der Waals surface area (Å²) >= 11 is 0. The van der Waals surface area contributed by atoms with Gasteiger partial charge in [-0.1, -0.05) is 30.3 Å². The molecule has 0 bridgehead atoms. The Morgan fingerprint density at radius 1 is 1.09 bits per heavy atom. The summed E-state index contributed by atoms with van der Waals surface area (Å²) in [5.41, 5.74) is 3.20. The van der Waals surface area contributed by atoms with Crippen molar-refractivity contribution in [2.75, 3.05) is 6.54 Å². The Balaban J connectivity index is 1.79. The van der Waals surface area contributed by atoms with E-state index in [1.54, 1.807) is 19.9 Å². The molecule has 0 saturated heterocycles. The van der Waals surface area contributed by atoms with Gasteiger partial charge in [0.05, 0.1) is 0 Å². The van der Waals surface area contributed by atoms with Crippen molar-refractivity contribution < 1.29 is 23.8 Å². The third kappa shape index (κ3) is 5.35. The van der Waals surface area contributed by atoms with Crippen LogP contribution in [-0.4, -0.2) is 29.6 Å². The first kappa shape index (κ1) is 23.1. The topological polar surface area (TPSA) is 106 Å². The first-order valence-electron chi connectivity index (χ1n) is 10.5. The molecule has 0 aliphatic heterocycles. The van der Waals surface area contributed by atoms with E-state index in [-0.39, 0.29) is 24.5 Å². The zero-order valence-electron chi connectivity index (χ0n) is 18.4. The second-order valence-corrected chi connectivity index (χ2v) is 7.77. The molecular formula is C25H27NO6. The monoisotopic (exact) mass is 437 g/mol. The van der Waals surface area contributed by atoms with Gasteiger partial charge in [-0.15, -0.1) is 0 Å². The highest BCUT2D eigenvalue weighted by molar-refractivity contribution is 5.86. The van der Waals surface area contributed by atoms with Gasteiger partial charge in [0.25, 0.3) is 5.91 Å². The van der Waals surface area contributed by atoms with Crippen molar-refractivity contribution in [3.8, 4) is 5.75 Å². The minimum absolute atomic E-state index is 0.00997. The Bertz CT molecular complexity index is 1180. The maximum atomic E-state index is 12.7. The van der Waals surface area contributed by atoms with Crippen molar-refractivity contribution in [2.45, 2.75) is 46.1 Å². The lowest BCUT2D eigenvalue weighted by atomic mass is 9.98. The maximum Gasteiger partial charge on any atom is 0.340 e. The summed E-state index contributed by atoms with van der Waals surface area (Å²) in [7, 11) is 0. The van der Waals surface area contributed by atoms with Crippen molar-refractivity contribution in [3.05, 3.63) is 75.1 Å². The van der Waals surface area contributed by atoms with Gasteiger partial charge in [0.15, 0.2) is 6.10 Å². The van der Waals surface area contributed by atoms with Crippen LogP contribution in [-0.2, 0) is 16.0 Å². The smallest absolute Gasteiger partial charge is 0.340 e. The van der Waals surface area contributed by atoms with E-state index in [0.717, 1.165) is 16.5 Å². The highest BCUT2D eigenvalue weighted by Gasteiger charge is 2.19. The second kappa shape index (κ2) is 10.1. The number of benzene rings is 2. The van der Waals surface area contributed by atoms with Crippen molar-refractivity contribution in [3.63, 3.8) is 0 Å². The van der Waals surface area contributed by atoms with Crippen LogP contribution in [0.3, 0.4) is 0 Å². The number of fused-ring (bicyclic) bond motifs is 1. The van der Waals surface area contributed by atoms with E-state index in [0.29, 0.717) is 35.3 Å². The Hall–Kier alpha value is -3.61. The zero-order valence-corrected chi connectivity index (χ0v) is 18.4. The lowest BCUT2D eigenvalue weighted by Crippen LogP contribution is -2.37. The van der Waals surface area contributed by atoms with E-state index in [2.05, 4.69) is 5.32 Å². The number of hydrogen-bond donors (Lipinski definition) is 2. The summed E-state index contributed by atoms with van der Waals surface area (Å²) in [6.45, 7) is 5.56. The van der Waals surface area contributed by atoms with Gasteiger partial charge >= 0.3 is 11.6 Å². The quantitative estimate of drug-likeness (QED) is 0.390. The summed E-state index contributed by atoms with van der Waals surface area (Å²) in [4.78, 5) is 35.5. The molecule has 1 amide bonds. The fourth-order valence-electron chi connectivity index (χ4n) is 3.54. The number of carboxylic acid groups (broad SMARTS) is 1. The number of carboxylic acids is 1. The molecule has 3 aromatic rings. The fraction of sp³-hybridized carbons (Fsp3) is 0.320. The molecule has 0 fully saturated rings. The number of carbonyl (C=O) groups is 2. The van der Waals surface area contributed by atoms with Gasteiger partial charge in [0.1, 0.15) is 11.3 Å². The van der Waals surface area contributed by atoms with Crippen molar-refractivity contribution in [1.82, 2.24) is 5.32 Å². The van der Waals surface area contributed by atoms with Crippen LogP contribution in [0.2, 0.25) is 0 Å². The number of amides is 1. The molecule has 7 nitrogen and oxygen atoms in total. The summed E-state index contributed by atoms with van der Waals surface area (Å²) in [6.07, 6.45) is 0.0326. The summed E-state index contributed by atoms with van der Waals surface area (Å²) < 4.78 is 11.5. The van der Waals surface area contributed by atoms with Crippen LogP contribution in [0.1, 0.15) is 42.0 Å². The van der Waals surface area contributed by atoms with Gasteiger partial charge in [0.2, 0.25) is 0 Å². The Labute approximate surface area is 186 Å². The maximum absolute atomic E-state index is 12.7. The van der Waals surface area contributed by atoms with Crippen LogP contribution in [0.4, 0.5) is 0 Å². The highest BCUT2D eigenvalue weighted by Crippen LogP contribution is 2.30. The van der Waals surface area contributed by atoms with Crippen molar-refractivity contribution in [1.29, 1.82) is 0 Å². The molecule has 1 unspecified atom stereocenters. The Kier molecular flexibility index (Phi) is 7.30. The van der Waals surface area contributed by atoms with Crippen LogP contribution in [0.25, 0.3) is 11.0 Å². The molecule has 0 radical (unpaired) electrons. The minimum Gasteiger partial charge on any atom is -0.481 e. The van der Waals surface area contributed by atoms with Crippen molar-refractivity contribution in [2.24, 2.45) is 0 Å². The lowest BCUT2D eigenvalue weighted by Gasteiger charge is -2.17. The van der Waals surface area contributed by atoms with Crippen LogP contribution in [0.15, 0.2) is 51.7 Å². The highest BCUT2D eigenvalue weighted by atomic mass is 16.5. The van der Waals surface area contributed by atoms with E-state index in [1.165, 1.54) is 0 Å². The summed E-state index contributed by atoms with van der Waals surface area (Å²) in [6, 6.07) is 13.3. The molecule has 168 valence electrons. The van der Waals surface area contributed by atoms with E-state index < -0.39 is 12.1 Å². The molecule has 0 spiro atoms. The second-order valence-electron chi connectivity index (χ2n) is 7.77. The standard InChI is InChI=1S/C25H27NO6/c1-15-19-11-12-21(31-17(3)24(29)26-13-7-10-22(27)28)16(2)23(19)32-25(30)20(15)14-18-8-5-4-6-9-18/h4-6,8-9,11-12,17H,7,10,13-14H2,1-3H3,(H,26,29)(H,27,28). The SMILES string of the molecule is Cc1c(Cc2ccccc2)c(=O)oc2c(C)c(OC(C)C(=O)NCCCC(=O)O)ccc12. The van der Waals surface area contributed by atoms with Gasteiger partial charge in [0, 0.05) is 35.9 Å². The first-order chi connectivity index (χ1) is 15.3. The largest absolute Gasteiger partial charge is 0.481 e. The van der Waals surface area contributed by atoms with Crippen LogP contribution >= 0.6 is 0 Å². The Morgan fingerprint density at radius 3 is 2.50 bits per heavy atom. The minimum atomic E-state index is -0.904. The fourth-order valence-corrected chi connectivity index (χ4v) is 3.54. The third-order valence-electron chi connectivity index (χ3n) is 5.42. The van der Waals surface area contributed by atoms with Gasteiger partial charge in [-0.05, 0) is 50.5 Å². The molecule has 3 rings (SSSR count). The predicted octanol–water partition coefficient (Wildman–Crippen LogP) is 3.75. The van der Waals surface area contributed by atoms with Gasteiger partial charge < -0.3 is 19.6 Å². The van der Waals surface area contributed by atoms with Gasteiger partial charge in [-0.2, -0.15) is 0 Å². The molecule has 2 aromatic carbocycles. The van der Waals surface area contributed by atoms with Crippen LogP contribution in [0, 0.1) is 13.8 Å². The van der Waals surface area contributed by atoms with E-state index >= 15 is 0 Å². The lowest BCUT2D eigenvalue weighted by molar-refractivity contribution is -0.137. The number of hydrogen-bond acceptors (Lipinski definition) is 5. The molecule has 0 aliphatic carbocycles. The number of aliphatic carboxylic acids is 1. The number of nitrogens with one attached hydrogen (secondary N) is 1.